The number of aryl methyl sites for hydroxylation is 1. The lowest BCUT2D eigenvalue weighted by Gasteiger charge is -2.18. The Morgan fingerprint density at radius 1 is 1.12 bits per heavy atom. The summed E-state index contributed by atoms with van der Waals surface area (Å²) >= 11 is 0. The number of hydrogen-bond acceptors (Lipinski definition) is 0. The fourth-order valence-corrected chi connectivity index (χ4v) is 3.61. The summed E-state index contributed by atoms with van der Waals surface area (Å²) in [7, 11) is 0. The third-order valence-electron chi connectivity index (χ3n) is 4.64. The maximum Gasteiger partial charge on any atom is 0.123 e. The van der Waals surface area contributed by atoms with Crippen molar-refractivity contribution in [2.75, 3.05) is 0 Å². The van der Waals surface area contributed by atoms with Crippen LogP contribution in [0.3, 0.4) is 0 Å². The Morgan fingerprint density at radius 3 is 2.76 bits per heavy atom. The standard InChI is InChI=1S/C16H21F/c17-15-5-1-3-12(11-15)7-8-13-4-2-6-16(13)14-9-10-14/h1,3,5,11,13-14,16H,2,4,6-10H2. The lowest BCUT2D eigenvalue weighted by Crippen LogP contribution is -2.11. The highest BCUT2D eigenvalue weighted by Crippen LogP contribution is 2.49. The van der Waals surface area contributed by atoms with E-state index in [-0.39, 0.29) is 5.82 Å². The van der Waals surface area contributed by atoms with Crippen molar-refractivity contribution in [1.82, 2.24) is 0 Å². The van der Waals surface area contributed by atoms with E-state index >= 15 is 0 Å². The van der Waals surface area contributed by atoms with Crippen LogP contribution in [0.5, 0.6) is 0 Å². The molecule has 0 aliphatic heterocycles. The minimum Gasteiger partial charge on any atom is -0.207 e. The van der Waals surface area contributed by atoms with Crippen molar-refractivity contribution >= 4 is 0 Å². The molecule has 2 unspecified atom stereocenters. The number of halogens is 1. The molecule has 2 aliphatic carbocycles. The van der Waals surface area contributed by atoms with E-state index in [9.17, 15) is 4.39 Å². The fourth-order valence-electron chi connectivity index (χ4n) is 3.61. The monoisotopic (exact) mass is 232 g/mol. The minimum absolute atomic E-state index is 0.0901. The first-order valence-electron chi connectivity index (χ1n) is 7.07. The van der Waals surface area contributed by atoms with E-state index in [1.165, 1.54) is 50.2 Å². The summed E-state index contributed by atoms with van der Waals surface area (Å²) in [6, 6.07) is 7.12. The van der Waals surface area contributed by atoms with Gasteiger partial charge in [0.1, 0.15) is 5.82 Å². The Bertz CT molecular complexity index is 381. The maximum atomic E-state index is 13.1. The zero-order valence-corrected chi connectivity index (χ0v) is 10.4. The van der Waals surface area contributed by atoms with Crippen molar-refractivity contribution < 1.29 is 4.39 Å². The summed E-state index contributed by atoms with van der Waals surface area (Å²) in [5, 5.41) is 0. The van der Waals surface area contributed by atoms with Gasteiger partial charge in [0.15, 0.2) is 0 Å². The first kappa shape index (κ1) is 11.3. The molecule has 17 heavy (non-hydrogen) atoms. The van der Waals surface area contributed by atoms with Gasteiger partial charge in [0.2, 0.25) is 0 Å². The molecule has 92 valence electrons. The molecule has 0 aromatic heterocycles. The van der Waals surface area contributed by atoms with E-state index in [1.807, 2.05) is 6.07 Å². The molecule has 1 aromatic rings. The van der Waals surface area contributed by atoms with Crippen LogP contribution >= 0.6 is 0 Å². The summed E-state index contributed by atoms with van der Waals surface area (Å²) in [4.78, 5) is 0. The van der Waals surface area contributed by atoms with Gasteiger partial charge in [-0.25, -0.2) is 4.39 Å². The van der Waals surface area contributed by atoms with Crippen LogP contribution in [0.1, 0.15) is 44.1 Å². The van der Waals surface area contributed by atoms with Crippen LogP contribution < -0.4 is 0 Å². The van der Waals surface area contributed by atoms with Crippen molar-refractivity contribution in [3.05, 3.63) is 35.6 Å². The maximum absolute atomic E-state index is 13.1. The van der Waals surface area contributed by atoms with Crippen LogP contribution in [0.25, 0.3) is 0 Å². The molecule has 3 rings (SSSR count). The van der Waals surface area contributed by atoms with Crippen molar-refractivity contribution in [3.8, 4) is 0 Å². The SMILES string of the molecule is Fc1cccc(CCC2CCCC2C2CC2)c1. The van der Waals surface area contributed by atoms with Crippen LogP contribution in [0.15, 0.2) is 24.3 Å². The molecule has 0 spiro atoms. The average Bonchev–Trinajstić information content (AvgIpc) is 3.06. The molecule has 1 aromatic carbocycles. The smallest absolute Gasteiger partial charge is 0.123 e. The molecule has 2 saturated carbocycles. The Kier molecular flexibility index (Phi) is 3.17. The molecular formula is C16H21F. The van der Waals surface area contributed by atoms with Crippen molar-refractivity contribution in [1.29, 1.82) is 0 Å². The summed E-state index contributed by atoms with van der Waals surface area (Å²) in [5.74, 6) is 2.89. The van der Waals surface area contributed by atoms with Crippen molar-refractivity contribution in [3.63, 3.8) is 0 Å². The van der Waals surface area contributed by atoms with Crippen LogP contribution in [0.4, 0.5) is 4.39 Å². The molecule has 1 heteroatoms. The van der Waals surface area contributed by atoms with Gasteiger partial charge in [-0.15, -0.1) is 0 Å². The topological polar surface area (TPSA) is 0 Å². The zero-order chi connectivity index (χ0) is 11.7. The number of rotatable bonds is 4. The first-order chi connectivity index (χ1) is 8.33. The van der Waals surface area contributed by atoms with Gasteiger partial charge in [-0.05, 0) is 67.6 Å². The second-order valence-electron chi connectivity index (χ2n) is 5.86. The summed E-state index contributed by atoms with van der Waals surface area (Å²) < 4.78 is 13.1. The van der Waals surface area contributed by atoms with E-state index < -0.39 is 0 Å². The largest absolute Gasteiger partial charge is 0.207 e. The molecule has 0 heterocycles. The van der Waals surface area contributed by atoms with Gasteiger partial charge in [0.05, 0.1) is 0 Å². The third kappa shape index (κ3) is 2.70. The van der Waals surface area contributed by atoms with Gasteiger partial charge < -0.3 is 0 Å². The van der Waals surface area contributed by atoms with Crippen LogP contribution in [0, 0.1) is 23.6 Å². The van der Waals surface area contributed by atoms with Gasteiger partial charge >= 0.3 is 0 Å². The normalized spacial score (nSPS) is 28.5. The molecule has 0 amide bonds. The van der Waals surface area contributed by atoms with Crippen molar-refractivity contribution in [2.45, 2.75) is 44.9 Å². The number of benzene rings is 1. The highest BCUT2D eigenvalue weighted by Gasteiger charge is 2.38. The summed E-state index contributed by atoms with van der Waals surface area (Å²) in [6.07, 6.45) is 9.57. The Balaban J connectivity index is 1.56. The molecule has 2 fully saturated rings. The first-order valence-corrected chi connectivity index (χ1v) is 7.07. The lowest BCUT2D eigenvalue weighted by molar-refractivity contribution is 0.327. The Hall–Kier alpha value is -0.850. The predicted molar refractivity (Wildman–Crippen MR) is 68.3 cm³/mol. The van der Waals surface area contributed by atoms with Crippen LogP contribution in [0.2, 0.25) is 0 Å². The van der Waals surface area contributed by atoms with Gasteiger partial charge in [0.25, 0.3) is 0 Å². The third-order valence-corrected chi connectivity index (χ3v) is 4.64. The summed E-state index contributed by atoms with van der Waals surface area (Å²) in [6.45, 7) is 0. The molecule has 2 aliphatic rings. The molecule has 0 radical (unpaired) electrons. The van der Waals surface area contributed by atoms with Gasteiger partial charge in [-0.2, -0.15) is 0 Å². The Labute approximate surface area is 103 Å². The van der Waals surface area contributed by atoms with E-state index in [0.717, 1.165) is 24.2 Å². The van der Waals surface area contributed by atoms with Gasteiger partial charge in [-0.3, -0.25) is 0 Å². The van der Waals surface area contributed by atoms with E-state index in [2.05, 4.69) is 6.07 Å². The minimum atomic E-state index is -0.0901. The molecule has 2 atom stereocenters. The predicted octanol–water partition coefficient (Wildman–Crippen LogP) is 4.58. The Morgan fingerprint density at radius 2 is 2.00 bits per heavy atom. The highest BCUT2D eigenvalue weighted by molar-refractivity contribution is 5.16. The van der Waals surface area contributed by atoms with Gasteiger partial charge in [0, 0.05) is 0 Å². The second kappa shape index (κ2) is 4.80. The van der Waals surface area contributed by atoms with E-state index in [0.29, 0.717) is 0 Å². The zero-order valence-electron chi connectivity index (χ0n) is 10.4. The molecule has 0 nitrogen and oxygen atoms in total. The molecule has 0 saturated heterocycles. The second-order valence-corrected chi connectivity index (χ2v) is 5.86. The highest BCUT2D eigenvalue weighted by atomic mass is 19.1. The van der Waals surface area contributed by atoms with E-state index in [4.69, 9.17) is 0 Å². The van der Waals surface area contributed by atoms with Crippen LogP contribution in [-0.4, -0.2) is 0 Å². The fraction of sp³-hybridized carbons (Fsp3) is 0.625. The number of hydrogen-bond donors (Lipinski definition) is 0. The molecule has 0 N–H and O–H groups in total. The van der Waals surface area contributed by atoms with Gasteiger partial charge in [-0.1, -0.05) is 25.0 Å². The quantitative estimate of drug-likeness (QED) is 0.712. The molecular weight excluding hydrogens is 211 g/mol. The van der Waals surface area contributed by atoms with E-state index in [1.54, 1.807) is 6.07 Å². The average molecular weight is 232 g/mol. The van der Waals surface area contributed by atoms with Crippen LogP contribution in [-0.2, 0) is 6.42 Å². The van der Waals surface area contributed by atoms with Crippen molar-refractivity contribution in [2.24, 2.45) is 17.8 Å². The lowest BCUT2D eigenvalue weighted by atomic mass is 9.87. The molecule has 0 bridgehead atoms. The summed E-state index contributed by atoms with van der Waals surface area (Å²) in [5.41, 5.74) is 1.17.